The van der Waals surface area contributed by atoms with Crippen molar-refractivity contribution in [2.45, 2.75) is 4.90 Å². The number of rotatable bonds is 8. The van der Waals surface area contributed by atoms with Crippen molar-refractivity contribution in [1.29, 1.82) is 0 Å². The van der Waals surface area contributed by atoms with Crippen LogP contribution in [0.2, 0.25) is 0 Å². The Morgan fingerprint density at radius 1 is 1.00 bits per heavy atom. The predicted octanol–water partition coefficient (Wildman–Crippen LogP) is 4.54. The quantitative estimate of drug-likeness (QED) is 0.417. The van der Waals surface area contributed by atoms with E-state index in [2.05, 4.69) is 0 Å². The molecule has 0 aliphatic carbocycles. The second-order valence-electron chi connectivity index (χ2n) is 6.09. The summed E-state index contributed by atoms with van der Waals surface area (Å²) >= 11 is 1.31. The number of anilines is 1. The summed E-state index contributed by atoms with van der Waals surface area (Å²) in [5, 5.41) is 20.0. The second kappa shape index (κ2) is 9.16. The van der Waals surface area contributed by atoms with Gasteiger partial charge in [-0.1, -0.05) is 30.3 Å². The molecule has 2 N–H and O–H groups in total. The van der Waals surface area contributed by atoms with Gasteiger partial charge in [0.05, 0.1) is 12.8 Å². The highest BCUT2D eigenvalue weighted by Gasteiger charge is 2.16. The van der Waals surface area contributed by atoms with Crippen LogP contribution in [0.15, 0.2) is 71.6 Å². The lowest BCUT2D eigenvalue weighted by atomic mass is 10.0. The number of carboxylic acids is 2. The van der Waals surface area contributed by atoms with Gasteiger partial charge in [0.25, 0.3) is 0 Å². The van der Waals surface area contributed by atoms with Crippen LogP contribution >= 0.6 is 11.9 Å². The van der Waals surface area contributed by atoms with Crippen molar-refractivity contribution in [2.24, 2.45) is 0 Å². The van der Waals surface area contributed by atoms with Gasteiger partial charge in [-0.3, -0.25) is 4.79 Å². The first-order chi connectivity index (χ1) is 14.0. The molecule has 0 saturated carbocycles. The summed E-state index contributed by atoms with van der Waals surface area (Å²) in [6.45, 7) is -0.203. The van der Waals surface area contributed by atoms with Gasteiger partial charge >= 0.3 is 11.9 Å². The summed E-state index contributed by atoms with van der Waals surface area (Å²) in [6.07, 6.45) is 2.62. The van der Waals surface area contributed by atoms with Crippen LogP contribution in [0, 0.1) is 0 Å². The Morgan fingerprint density at radius 3 is 2.31 bits per heavy atom. The molecule has 0 aromatic heterocycles. The van der Waals surface area contributed by atoms with Crippen molar-refractivity contribution in [1.82, 2.24) is 0 Å². The molecule has 29 heavy (non-hydrogen) atoms. The van der Waals surface area contributed by atoms with Gasteiger partial charge in [-0.25, -0.2) is 4.79 Å². The Hall–Kier alpha value is -3.45. The van der Waals surface area contributed by atoms with E-state index in [1.807, 2.05) is 54.6 Å². The molecule has 0 unspecified atom stereocenters. The molecule has 0 aliphatic heterocycles. The van der Waals surface area contributed by atoms with E-state index in [9.17, 15) is 14.7 Å². The Labute approximate surface area is 172 Å². The Morgan fingerprint density at radius 2 is 1.69 bits per heavy atom. The number of fused-ring (bicyclic) bond motifs is 1. The van der Waals surface area contributed by atoms with Gasteiger partial charge in [0.1, 0.15) is 12.3 Å². The number of benzene rings is 3. The molecule has 0 saturated heterocycles. The predicted molar refractivity (Wildman–Crippen MR) is 114 cm³/mol. The van der Waals surface area contributed by atoms with Crippen molar-refractivity contribution in [3.8, 4) is 5.75 Å². The number of hydrogen-bond donors (Lipinski definition) is 2. The van der Waals surface area contributed by atoms with Crippen LogP contribution in [0.4, 0.5) is 5.69 Å². The third-order valence-corrected chi connectivity index (χ3v) is 5.19. The molecule has 0 fully saturated rings. The number of ether oxygens (including phenoxy) is 1. The molecule has 0 amide bonds. The minimum atomic E-state index is -1.03. The molecule has 0 bridgehead atoms. The molecule has 0 heterocycles. The van der Waals surface area contributed by atoms with Crippen molar-refractivity contribution in [3.63, 3.8) is 0 Å². The molecule has 0 aliphatic rings. The molecule has 3 aromatic rings. The minimum absolute atomic E-state index is 0.203. The fraction of sp³-hybridized carbons (Fsp3) is 0.0909. The monoisotopic (exact) mass is 409 g/mol. The summed E-state index contributed by atoms with van der Waals surface area (Å²) in [7, 11) is 1.59. The van der Waals surface area contributed by atoms with Crippen LogP contribution in [-0.4, -0.2) is 35.8 Å². The van der Waals surface area contributed by atoms with E-state index in [0.29, 0.717) is 0 Å². The number of carboxylic acid groups (broad SMARTS) is 2. The molecule has 3 rings (SSSR count). The first-order valence-electron chi connectivity index (χ1n) is 8.72. The third-order valence-electron chi connectivity index (χ3n) is 4.16. The molecule has 148 valence electrons. The molecule has 3 aromatic carbocycles. The van der Waals surface area contributed by atoms with Gasteiger partial charge in [-0.2, -0.15) is 0 Å². The zero-order chi connectivity index (χ0) is 20.8. The van der Waals surface area contributed by atoms with Gasteiger partial charge in [0, 0.05) is 16.4 Å². The SMILES string of the molecule is COc1ccc(SN(CC(=O)O)c2ccc(/C=C/C(=O)O)c3ccccc23)cc1. The minimum Gasteiger partial charge on any atom is -0.497 e. The standard InChI is InChI=1S/C22H19NO5S/c1-28-16-8-10-17(11-9-16)29-23(14-22(26)27)20-12-6-15(7-13-21(24)25)18-4-2-3-5-19(18)20/h2-13H,14H2,1H3,(H,24,25)(H,26,27)/b13-7+. The number of nitrogens with zero attached hydrogens (tertiary/aromatic N) is 1. The van der Waals surface area contributed by atoms with E-state index >= 15 is 0 Å². The number of methoxy groups -OCH3 is 1. The van der Waals surface area contributed by atoms with Crippen molar-refractivity contribution >= 4 is 46.4 Å². The van der Waals surface area contributed by atoms with Gasteiger partial charge in [0.15, 0.2) is 0 Å². The number of carbonyl (C=O) groups is 2. The average molecular weight is 409 g/mol. The lowest BCUT2D eigenvalue weighted by Gasteiger charge is -2.23. The van der Waals surface area contributed by atoms with Crippen LogP contribution in [0.25, 0.3) is 16.8 Å². The van der Waals surface area contributed by atoms with E-state index in [0.717, 1.165) is 38.7 Å². The fourth-order valence-corrected chi connectivity index (χ4v) is 3.83. The van der Waals surface area contributed by atoms with Gasteiger partial charge < -0.3 is 19.3 Å². The summed E-state index contributed by atoms with van der Waals surface area (Å²) in [4.78, 5) is 23.3. The van der Waals surface area contributed by atoms with Crippen LogP contribution in [0.3, 0.4) is 0 Å². The maximum Gasteiger partial charge on any atom is 0.328 e. The fourth-order valence-electron chi connectivity index (χ4n) is 2.88. The molecule has 0 atom stereocenters. The van der Waals surface area contributed by atoms with Crippen molar-refractivity contribution in [3.05, 3.63) is 72.3 Å². The molecule has 0 spiro atoms. The Balaban J connectivity index is 2.04. The first-order valence-corrected chi connectivity index (χ1v) is 9.49. The topological polar surface area (TPSA) is 87.1 Å². The zero-order valence-electron chi connectivity index (χ0n) is 15.6. The van der Waals surface area contributed by atoms with E-state index < -0.39 is 11.9 Å². The van der Waals surface area contributed by atoms with Crippen LogP contribution in [-0.2, 0) is 9.59 Å². The Kier molecular flexibility index (Phi) is 6.41. The highest BCUT2D eigenvalue weighted by Crippen LogP contribution is 2.36. The first kappa shape index (κ1) is 20.3. The second-order valence-corrected chi connectivity index (χ2v) is 7.18. The lowest BCUT2D eigenvalue weighted by molar-refractivity contribution is -0.135. The summed E-state index contributed by atoms with van der Waals surface area (Å²) in [5.74, 6) is -1.26. The van der Waals surface area contributed by atoms with Crippen molar-refractivity contribution in [2.75, 3.05) is 18.0 Å². The van der Waals surface area contributed by atoms with E-state index in [-0.39, 0.29) is 6.54 Å². The van der Waals surface area contributed by atoms with Crippen LogP contribution in [0.1, 0.15) is 5.56 Å². The summed E-state index contributed by atoms with van der Waals surface area (Å²) in [6, 6.07) is 18.5. The lowest BCUT2D eigenvalue weighted by Crippen LogP contribution is -2.23. The van der Waals surface area contributed by atoms with Crippen LogP contribution in [0.5, 0.6) is 5.75 Å². The Bertz CT molecular complexity index is 1060. The van der Waals surface area contributed by atoms with Gasteiger partial charge in [0.2, 0.25) is 0 Å². The normalized spacial score (nSPS) is 10.9. The largest absolute Gasteiger partial charge is 0.497 e. The van der Waals surface area contributed by atoms with Gasteiger partial charge in [-0.05, 0) is 59.3 Å². The molecular formula is C22H19NO5S. The highest BCUT2D eigenvalue weighted by atomic mass is 32.2. The average Bonchev–Trinajstić information content (AvgIpc) is 2.71. The van der Waals surface area contributed by atoms with Crippen molar-refractivity contribution < 1.29 is 24.5 Å². The van der Waals surface area contributed by atoms with E-state index in [1.54, 1.807) is 17.5 Å². The zero-order valence-corrected chi connectivity index (χ0v) is 16.4. The van der Waals surface area contributed by atoms with E-state index in [1.165, 1.54) is 18.0 Å². The third kappa shape index (κ3) is 5.08. The summed E-state index contributed by atoms with van der Waals surface area (Å²) < 4.78 is 6.87. The molecule has 7 heteroatoms. The molecule has 6 nitrogen and oxygen atoms in total. The van der Waals surface area contributed by atoms with Crippen LogP contribution < -0.4 is 9.04 Å². The smallest absolute Gasteiger partial charge is 0.328 e. The molecular weight excluding hydrogens is 390 g/mol. The molecule has 0 radical (unpaired) electrons. The number of aliphatic carboxylic acids is 2. The maximum absolute atomic E-state index is 11.5. The highest BCUT2D eigenvalue weighted by molar-refractivity contribution is 8.00. The maximum atomic E-state index is 11.5. The number of hydrogen-bond acceptors (Lipinski definition) is 5. The van der Waals surface area contributed by atoms with E-state index in [4.69, 9.17) is 9.84 Å². The van der Waals surface area contributed by atoms with Gasteiger partial charge in [-0.15, -0.1) is 0 Å². The summed E-state index contributed by atoms with van der Waals surface area (Å²) in [5.41, 5.74) is 1.48.